The molecule has 2 rings (SSSR count). The molecule has 1 N–H and O–H groups in total. The van der Waals surface area contributed by atoms with Crippen LogP contribution in [0.5, 0.6) is 0 Å². The summed E-state index contributed by atoms with van der Waals surface area (Å²) < 4.78 is 0.841. The second kappa shape index (κ2) is 8.52. The fraction of sp³-hybridized carbons (Fsp3) is 0.600. The Morgan fingerprint density at radius 3 is 2.57 bits per heavy atom. The average Bonchev–Trinajstić information content (AvgIpc) is 2.94. The van der Waals surface area contributed by atoms with Crippen molar-refractivity contribution in [1.29, 1.82) is 0 Å². The van der Waals surface area contributed by atoms with E-state index in [4.69, 9.17) is 11.6 Å². The molecule has 1 saturated heterocycles. The van der Waals surface area contributed by atoms with Gasteiger partial charge in [-0.1, -0.05) is 11.6 Å². The molecular formula is C15H24ClN5OS. The summed E-state index contributed by atoms with van der Waals surface area (Å²) in [5.74, 6) is 0.832. The van der Waals surface area contributed by atoms with Gasteiger partial charge >= 0.3 is 0 Å². The molecule has 1 amide bonds. The number of guanidine groups is 1. The number of hydrogen-bond donors (Lipinski definition) is 1. The highest BCUT2D eigenvalue weighted by Gasteiger charge is 2.20. The number of rotatable bonds is 4. The van der Waals surface area contributed by atoms with E-state index >= 15 is 0 Å². The summed E-state index contributed by atoms with van der Waals surface area (Å²) >= 11 is 7.62. The third kappa shape index (κ3) is 5.37. The van der Waals surface area contributed by atoms with Crippen LogP contribution >= 0.6 is 22.9 Å². The Hall–Kier alpha value is -1.31. The highest BCUT2D eigenvalue weighted by molar-refractivity contribution is 7.16. The number of nitrogens with one attached hydrogen (secondary N) is 1. The van der Waals surface area contributed by atoms with Gasteiger partial charge in [0.1, 0.15) is 0 Å². The molecule has 1 aromatic heterocycles. The molecule has 23 heavy (non-hydrogen) atoms. The Morgan fingerprint density at radius 2 is 2.04 bits per heavy atom. The first-order valence-corrected chi connectivity index (χ1v) is 8.81. The van der Waals surface area contributed by atoms with Crippen molar-refractivity contribution in [1.82, 2.24) is 20.0 Å². The topological polar surface area (TPSA) is 51.2 Å². The lowest BCUT2D eigenvalue weighted by Gasteiger charge is -2.36. The van der Waals surface area contributed by atoms with Gasteiger partial charge in [0.05, 0.1) is 10.9 Å². The quantitative estimate of drug-likeness (QED) is 0.649. The molecule has 0 unspecified atom stereocenters. The fourth-order valence-corrected chi connectivity index (χ4v) is 3.55. The Balaban J connectivity index is 1.79. The van der Waals surface area contributed by atoms with Crippen LogP contribution in [0.4, 0.5) is 0 Å². The molecule has 128 valence electrons. The molecule has 6 nitrogen and oxygen atoms in total. The van der Waals surface area contributed by atoms with Crippen molar-refractivity contribution in [2.45, 2.75) is 6.54 Å². The molecule has 0 aromatic carbocycles. The van der Waals surface area contributed by atoms with Crippen LogP contribution in [0.25, 0.3) is 0 Å². The number of carbonyl (C=O) groups is 1. The standard InChI is InChI=1S/C15H24ClN5OS/c1-17-15(18-10-14(22)19(2)3)21-8-6-20(7-9-21)11-12-4-5-13(16)23-12/h4-5H,6-11H2,1-3H3,(H,17,18). The molecule has 0 saturated carbocycles. The summed E-state index contributed by atoms with van der Waals surface area (Å²) in [5, 5.41) is 3.14. The molecule has 1 aliphatic rings. The summed E-state index contributed by atoms with van der Waals surface area (Å²) in [6.45, 7) is 4.95. The predicted molar refractivity (Wildman–Crippen MR) is 96.2 cm³/mol. The molecule has 0 atom stereocenters. The van der Waals surface area contributed by atoms with Crippen LogP contribution in [0.2, 0.25) is 4.34 Å². The van der Waals surface area contributed by atoms with Crippen molar-refractivity contribution in [3.63, 3.8) is 0 Å². The number of likely N-dealkylation sites (N-methyl/N-ethyl adjacent to an activating group) is 1. The van der Waals surface area contributed by atoms with Gasteiger partial charge in [0.2, 0.25) is 5.91 Å². The van der Waals surface area contributed by atoms with Gasteiger partial charge in [-0.25, -0.2) is 0 Å². The first kappa shape index (κ1) is 18.0. The summed E-state index contributed by atoms with van der Waals surface area (Å²) in [6.07, 6.45) is 0. The molecule has 0 spiro atoms. The number of amides is 1. The average molecular weight is 358 g/mol. The summed E-state index contributed by atoms with van der Waals surface area (Å²) in [5.41, 5.74) is 0. The second-order valence-corrected chi connectivity index (χ2v) is 7.46. The fourth-order valence-electron chi connectivity index (χ4n) is 2.42. The summed E-state index contributed by atoms with van der Waals surface area (Å²) in [6, 6.07) is 4.04. The van der Waals surface area contributed by atoms with Gasteiger partial charge < -0.3 is 15.1 Å². The molecule has 0 bridgehead atoms. The Bertz CT molecular complexity index is 552. The lowest BCUT2D eigenvalue weighted by atomic mass is 10.3. The van der Waals surface area contributed by atoms with Crippen LogP contribution < -0.4 is 5.32 Å². The van der Waals surface area contributed by atoms with Crippen molar-refractivity contribution < 1.29 is 4.79 Å². The monoisotopic (exact) mass is 357 g/mol. The minimum atomic E-state index is 0.0411. The second-order valence-electron chi connectivity index (χ2n) is 5.66. The number of hydrogen-bond acceptors (Lipinski definition) is 4. The van der Waals surface area contributed by atoms with Crippen LogP contribution in [-0.2, 0) is 11.3 Å². The molecule has 1 aliphatic heterocycles. The molecule has 0 aliphatic carbocycles. The van der Waals surface area contributed by atoms with E-state index in [0.717, 1.165) is 43.0 Å². The van der Waals surface area contributed by atoms with Crippen LogP contribution in [0.1, 0.15) is 4.88 Å². The van der Waals surface area contributed by atoms with Crippen LogP contribution in [0.3, 0.4) is 0 Å². The summed E-state index contributed by atoms with van der Waals surface area (Å²) in [7, 11) is 5.26. The van der Waals surface area contributed by atoms with Gasteiger partial charge in [0, 0.05) is 58.7 Å². The van der Waals surface area contributed by atoms with E-state index in [0.29, 0.717) is 0 Å². The van der Waals surface area contributed by atoms with E-state index in [2.05, 4.69) is 26.2 Å². The zero-order chi connectivity index (χ0) is 16.8. The van der Waals surface area contributed by atoms with Crippen molar-refractivity contribution in [3.8, 4) is 0 Å². The Kier molecular flexibility index (Phi) is 6.68. The minimum Gasteiger partial charge on any atom is -0.347 e. The Labute approximate surface area is 146 Å². The first-order valence-electron chi connectivity index (χ1n) is 7.62. The van der Waals surface area contributed by atoms with Crippen LogP contribution in [0, 0.1) is 0 Å². The normalized spacial score (nSPS) is 16.5. The van der Waals surface area contributed by atoms with Gasteiger partial charge in [0.15, 0.2) is 5.96 Å². The zero-order valence-electron chi connectivity index (χ0n) is 13.9. The molecule has 1 aromatic rings. The smallest absolute Gasteiger partial charge is 0.241 e. The van der Waals surface area contributed by atoms with Crippen LogP contribution in [0.15, 0.2) is 17.1 Å². The maximum absolute atomic E-state index is 11.7. The number of aliphatic imine (C=N–C) groups is 1. The predicted octanol–water partition coefficient (Wildman–Crippen LogP) is 1.18. The van der Waals surface area contributed by atoms with E-state index in [9.17, 15) is 4.79 Å². The van der Waals surface area contributed by atoms with Crippen molar-refractivity contribution in [2.24, 2.45) is 4.99 Å². The van der Waals surface area contributed by atoms with Gasteiger partial charge in [-0.3, -0.25) is 14.7 Å². The van der Waals surface area contributed by atoms with E-state index in [1.54, 1.807) is 37.4 Å². The van der Waals surface area contributed by atoms with Gasteiger partial charge in [-0.15, -0.1) is 11.3 Å². The van der Waals surface area contributed by atoms with Crippen molar-refractivity contribution >= 4 is 34.8 Å². The Morgan fingerprint density at radius 1 is 1.35 bits per heavy atom. The number of thiophene rings is 1. The van der Waals surface area contributed by atoms with Gasteiger partial charge in [0.25, 0.3) is 0 Å². The van der Waals surface area contributed by atoms with E-state index < -0.39 is 0 Å². The maximum atomic E-state index is 11.7. The lowest BCUT2D eigenvalue weighted by Crippen LogP contribution is -2.53. The number of halogens is 1. The van der Waals surface area contributed by atoms with Gasteiger partial charge in [-0.05, 0) is 12.1 Å². The third-order valence-corrected chi connectivity index (χ3v) is 5.00. The minimum absolute atomic E-state index is 0.0411. The van der Waals surface area contributed by atoms with Crippen molar-refractivity contribution in [3.05, 3.63) is 21.3 Å². The molecule has 1 fully saturated rings. The first-order chi connectivity index (χ1) is 11.0. The molecular weight excluding hydrogens is 334 g/mol. The highest BCUT2D eigenvalue weighted by atomic mass is 35.5. The molecule has 8 heteroatoms. The lowest BCUT2D eigenvalue weighted by molar-refractivity contribution is -0.127. The van der Waals surface area contributed by atoms with E-state index in [1.807, 2.05) is 6.07 Å². The van der Waals surface area contributed by atoms with E-state index in [-0.39, 0.29) is 12.5 Å². The van der Waals surface area contributed by atoms with E-state index in [1.165, 1.54) is 4.88 Å². The number of carbonyl (C=O) groups excluding carboxylic acids is 1. The van der Waals surface area contributed by atoms with Crippen molar-refractivity contribution in [2.75, 3.05) is 53.9 Å². The largest absolute Gasteiger partial charge is 0.347 e. The zero-order valence-corrected chi connectivity index (χ0v) is 15.5. The van der Waals surface area contributed by atoms with Crippen LogP contribution in [-0.4, -0.2) is 80.4 Å². The summed E-state index contributed by atoms with van der Waals surface area (Å²) in [4.78, 5) is 23.4. The third-order valence-electron chi connectivity index (χ3n) is 3.79. The van der Waals surface area contributed by atoms with Gasteiger partial charge in [-0.2, -0.15) is 0 Å². The molecule has 2 heterocycles. The SMILES string of the molecule is CN=C(NCC(=O)N(C)C)N1CCN(Cc2ccc(Cl)s2)CC1. The number of piperazine rings is 1. The maximum Gasteiger partial charge on any atom is 0.241 e. The number of nitrogens with zero attached hydrogens (tertiary/aromatic N) is 4. The highest BCUT2D eigenvalue weighted by Crippen LogP contribution is 2.23. The molecule has 0 radical (unpaired) electrons.